The third-order valence-corrected chi connectivity index (χ3v) is 8.02. The Kier molecular flexibility index (Phi) is 7.46. The molecule has 0 aliphatic carbocycles. The van der Waals surface area contributed by atoms with Crippen LogP contribution in [0, 0.1) is 5.82 Å². The van der Waals surface area contributed by atoms with Crippen molar-refractivity contribution in [1.82, 2.24) is 39.9 Å². The lowest BCUT2D eigenvalue weighted by molar-refractivity contribution is 0.0115. The molecule has 3 N–H and O–H groups in total. The number of aromatic nitrogens is 6. The highest BCUT2D eigenvalue weighted by Crippen LogP contribution is 2.34. The summed E-state index contributed by atoms with van der Waals surface area (Å²) in [7, 11) is 3.98. The summed E-state index contributed by atoms with van der Waals surface area (Å²) < 4.78 is 42.1. The number of rotatable bonds is 9. The second kappa shape index (κ2) is 11.6. The molecule has 0 amide bonds. The van der Waals surface area contributed by atoms with Crippen LogP contribution in [0.1, 0.15) is 12.0 Å². The number of alkyl halides is 2. The minimum atomic E-state index is -2.64. The van der Waals surface area contributed by atoms with Crippen molar-refractivity contribution in [3.8, 4) is 33.9 Å². The minimum absolute atomic E-state index is 0.121. The van der Waals surface area contributed by atoms with E-state index in [1.165, 1.54) is 12.1 Å². The average Bonchev–Trinajstić information content (AvgIpc) is 3.72. The Morgan fingerprint density at radius 2 is 1.89 bits per heavy atom. The van der Waals surface area contributed by atoms with Gasteiger partial charge in [0, 0.05) is 78.9 Å². The van der Waals surface area contributed by atoms with Crippen molar-refractivity contribution in [2.45, 2.75) is 18.9 Å². The summed E-state index contributed by atoms with van der Waals surface area (Å²) in [5.41, 5.74) is 7.95. The van der Waals surface area contributed by atoms with Gasteiger partial charge in [0.25, 0.3) is 5.92 Å². The van der Waals surface area contributed by atoms with Crippen LogP contribution in [0.3, 0.4) is 0 Å². The van der Waals surface area contributed by atoms with Crippen LogP contribution >= 0.6 is 0 Å². The molecule has 1 saturated heterocycles. The number of likely N-dealkylation sites (tertiary alicyclic amines) is 1. The van der Waals surface area contributed by atoms with Gasteiger partial charge >= 0.3 is 0 Å². The lowest BCUT2D eigenvalue weighted by Gasteiger charge is -2.15. The molecular weight excluding hydrogens is 579 g/mol. The van der Waals surface area contributed by atoms with E-state index in [-0.39, 0.29) is 18.8 Å². The van der Waals surface area contributed by atoms with Gasteiger partial charge in [-0.25, -0.2) is 18.2 Å². The van der Waals surface area contributed by atoms with Crippen LogP contribution in [-0.4, -0.2) is 86.1 Å². The summed E-state index contributed by atoms with van der Waals surface area (Å²) in [6.45, 7) is 2.02. The summed E-state index contributed by atoms with van der Waals surface area (Å²) in [6, 6.07) is 14.4. The maximum atomic E-state index is 14.7. The molecule has 1 fully saturated rings. The zero-order valence-electron chi connectivity index (χ0n) is 24.9. The number of benzene rings is 1. The Labute approximate surface area is 257 Å². The second-order valence-corrected chi connectivity index (χ2v) is 11.8. The maximum Gasteiger partial charge on any atom is 0.261 e. The monoisotopic (exact) mass is 611 g/mol. The molecule has 1 aliphatic rings. The molecule has 0 radical (unpaired) electrons. The number of pyridine rings is 3. The van der Waals surface area contributed by atoms with E-state index in [1.54, 1.807) is 23.5 Å². The molecule has 6 aromatic rings. The van der Waals surface area contributed by atoms with Crippen LogP contribution in [0.15, 0.2) is 67.1 Å². The molecule has 0 spiro atoms. The van der Waals surface area contributed by atoms with Crippen molar-refractivity contribution in [1.29, 1.82) is 0 Å². The lowest BCUT2D eigenvalue weighted by atomic mass is 10.1. The SMILES string of the molecule is CN(C)CCNc1cc(F)cc(-c2nccc3[nH]c(-c4n[nH]c5ccc(-c6cncc(CN7CCC(F)(F)C7)c6)nc45)cc23)c1. The summed E-state index contributed by atoms with van der Waals surface area (Å²) >= 11 is 0. The molecule has 9 nitrogen and oxygen atoms in total. The molecule has 0 bridgehead atoms. The van der Waals surface area contributed by atoms with E-state index in [2.05, 4.69) is 35.4 Å². The fourth-order valence-electron chi connectivity index (χ4n) is 5.83. The topological polar surface area (TPSA) is 102 Å². The van der Waals surface area contributed by atoms with Gasteiger partial charge in [-0.2, -0.15) is 5.10 Å². The van der Waals surface area contributed by atoms with Crippen molar-refractivity contribution in [3.63, 3.8) is 0 Å². The molecule has 6 heterocycles. The molecule has 1 aliphatic heterocycles. The Morgan fingerprint density at radius 3 is 2.71 bits per heavy atom. The Balaban J connectivity index is 1.20. The molecular formula is C33H32F3N9. The van der Waals surface area contributed by atoms with Crippen LogP contribution < -0.4 is 5.32 Å². The number of nitrogens with one attached hydrogen (secondary N) is 3. The first-order valence-corrected chi connectivity index (χ1v) is 14.8. The summed E-state index contributed by atoms with van der Waals surface area (Å²) in [4.78, 5) is 21.1. The van der Waals surface area contributed by atoms with Gasteiger partial charge in [-0.1, -0.05) is 0 Å². The maximum absolute atomic E-state index is 14.7. The van der Waals surface area contributed by atoms with E-state index in [1.807, 2.05) is 50.5 Å². The number of aromatic amines is 2. The van der Waals surface area contributed by atoms with Crippen LogP contribution in [-0.2, 0) is 6.54 Å². The standard InChI is InChI=1S/C33H32F3N9/c1-44(2)10-8-38-24-13-21(12-23(34)14-24)30-25-15-29(40-27(25)5-7-39-30)32-31-28(42-43-32)4-3-26(41-31)22-11-20(16-37-17-22)18-45-9-6-33(35,36)19-45/h3-5,7,11-17,38,40H,6,8-10,18-19H2,1-2H3,(H,42,43). The molecule has 0 saturated carbocycles. The highest BCUT2D eigenvalue weighted by molar-refractivity contribution is 5.99. The predicted molar refractivity (Wildman–Crippen MR) is 169 cm³/mol. The number of H-pyrrole nitrogens is 2. The molecule has 5 aromatic heterocycles. The molecule has 1 aromatic carbocycles. The van der Waals surface area contributed by atoms with Gasteiger partial charge in [-0.05, 0) is 68.2 Å². The number of likely N-dealkylation sites (N-methyl/N-ethyl adjacent to an activating group) is 1. The van der Waals surface area contributed by atoms with E-state index in [0.717, 1.165) is 39.8 Å². The molecule has 230 valence electrons. The smallest absolute Gasteiger partial charge is 0.261 e. The van der Waals surface area contributed by atoms with E-state index >= 15 is 0 Å². The fourth-order valence-corrected chi connectivity index (χ4v) is 5.83. The summed E-state index contributed by atoms with van der Waals surface area (Å²) in [5.74, 6) is -2.99. The Hall–Kier alpha value is -4.81. The largest absolute Gasteiger partial charge is 0.384 e. The van der Waals surface area contributed by atoms with Crippen molar-refractivity contribution in [2.75, 3.05) is 45.6 Å². The fraction of sp³-hybridized carbons (Fsp3) is 0.273. The Morgan fingerprint density at radius 1 is 1.00 bits per heavy atom. The van der Waals surface area contributed by atoms with Gasteiger partial charge in [0.1, 0.15) is 17.0 Å². The number of anilines is 1. The Bertz CT molecular complexity index is 2000. The quantitative estimate of drug-likeness (QED) is 0.179. The molecule has 0 unspecified atom stereocenters. The molecule has 12 heteroatoms. The third-order valence-electron chi connectivity index (χ3n) is 8.02. The van der Waals surface area contributed by atoms with E-state index in [9.17, 15) is 13.2 Å². The van der Waals surface area contributed by atoms with Crippen LogP contribution in [0.5, 0.6) is 0 Å². The van der Waals surface area contributed by atoms with Gasteiger partial charge in [-0.15, -0.1) is 0 Å². The van der Waals surface area contributed by atoms with Crippen LogP contribution in [0.4, 0.5) is 18.9 Å². The first kappa shape index (κ1) is 28.9. The van der Waals surface area contributed by atoms with Gasteiger partial charge in [0.2, 0.25) is 0 Å². The summed E-state index contributed by atoms with van der Waals surface area (Å²) in [5, 5.41) is 11.7. The zero-order valence-corrected chi connectivity index (χ0v) is 24.9. The number of nitrogens with zero attached hydrogens (tertiary/aromatic N) is 6. The normalized spacial score (nSPS) is 15.1. The first-order chi connectivity index (χ1) is 21.7. The summed E-state index contributed by atoms with van der Waals surface area (Å²) in [6.07, 6.45) is 5.01. The van der Waals surface area contributed by atoms with E-state index in [4.69, 9.17) is 4.98 Å². The van der Waals surface area contributed by atoms with Crippen molar-refractivity contribution in [2.24, 2.45) is 0 Å². The van der Waals surface area contributed by atoms with Gasteiger partial charge in [-0.3, -0.25) is 20.0 Å². The zero-order chi connectivity index (χ0) is 31.1. The third kappa shape index (κ3) is 6.11. The van der Waals surface area contributed by atoms with Gasteiger partial charge in [0.05, 0.1) is 29.1 Å². The second-order valence-electron chi connectivity index (χ2n) is 11.8. The minimum Gasteiger partial charge on any atom is -0.384 e. The predicted octanol–water partition coefficient (Wildman–Crippen LogP) is 6.18. The highest BCUT2D eigenvalue weighted by Gasteiger charge is 2.37. The highest BCUT2D eigenvalue weighted by atomic mass is 19.3. The average molecular weight is 612 g/mol. The van der Waals surface area contributed by atoms with Crippen molar-refractivity contribution in [3.05, 3.63) is 78.5 Å². The first-order valence-electron chi connectivity index (χ1n) is 14.8. The van der Waals surface area contributed by atoms with Gasteiger partial charge in [0.15, 0.2) is 0 Å². The van der Waals surface area contributed by atoms with Crippen molar-refractivity contribution < 1.29 is 13.2 Å². The lowest BCUT2D eigenvalue weighted by Crippen LogP contribution is -2.24. The number of hydrogen-bond donors (Lipinski definition) is 3. The number of halogens is 3. The molecule has 7 rings (SSSR count). The van der Waals surface area contributed by atoms with Crippen molar-refractivity contribution >= 4 is 27.6 Å². The molecule has 45 heavy (non-hydrogen) atoms. The number of fused-ring (bicyclic) bond motifs is 2. The number of hydrogen-bond acceptors (Lipinski definition) is 7. The van der Waals surface area contributed by atoms with E-state index < -0.39 is 5.92 Å². The molecule has 0 atom stereocenters. The van der Waals surface area contributed by atoms with E-state index in [0.29, 0.717) is 53.5 Å². The van der Waals surface area contributed by atoms with Gasteiger partial charge < -0.3 is 15.2 Å². The van der Waals surface area contributed by atoms with Crippen LogP contribution in [0.2, 0.25) is 0 Å². The van der Waals surface area contributed by atoms with Crippen LogP contribution in [0.25, 0.3) is 55.8 Å².